The van der Waals surface area contributed by atoms with Gasteiger partial charge in [-0.15, -0.1) is 0 Å². The quantitative estimate of drug-likeness (QED) is 0.921. The predicted octanol–water partition coefficient (Wildman–Crippen LogP) is 1.82. The van der Waals surface area contributed by atoms with Gasteiger partial charge in [0, 0.05) is 25.1 Å². The molecule has 2 aromatic rings. The SMILES string of the molecule is CCc1cnc(OC2CCCN(C(=O)c3cncc(O)c3)C2)nc1. The summed E-state index contributed by atoms with van der Waals surface area (Å²) in [7, 11) is 0. The first kappa shape index (κ1) is 16.2. The van der Waals surface area contributed by atoms with Crippen LogP contribution in [0.4, 0.5) is 0 Å². The van der Waals surface area contributed by atoms with E-state index in [1.165, 1.54) is 18.5 Å². The number of rotatable bonds is 4. The average Bonchev–Trinajstić information content (AvgIpc) is 2.62. The van der Waals surface area contributed by atoms with E-state index in [0.29, 0.717) is 24.7 Å². The van der Waals surface area contributed by atoms with Gasteiger partial charge >= 0.3 is 6.01 Å². The van der Waals surface area contributed by atoms with E-state index in [4.69, 9.17) is 4.74 Å². The average molecular weight is 328 g/mol. The number of aromatic nitrogens is 3. The van der Waals surface area contributed by atoms with E-state index in [2.05, 4.69) is 15.0 Å². The fourth-order valence-corrected chi connectivity index (χ4v) is 2.68. The number of hydrogen-bond donors (Lipinski definition) is 1. The van der Waals surface area contributed by atoms with Crippen molar-refractivity contribution in [3.05, 3.63) is 42.0 Å². The third-order valence-corrected chi connectivity index (χ3v) is 4.00. The predicted molar refractivity (Wildman–Crippen MR) is 86.9 cm³/mol. The van der Waals surface area contributed by atoms with E-state index in [9.17, 15) is 9.90 Å². The number of amides is 1. The largest absolute Gasteiger partial charge is 0.506 e. The van der Waals surface area contributed by atoms with Crippen LogP contribution < -0.4 is 4.74 Å². The van der Waals surface area contributed by atoms with Crippen molar-refractivity contribution in [3.8, 4) is 11.8 Å². The molecular weight excluding hydrogens is 308 g/mol. The van der Waals surface area contributed by atoms with Crippen LogP contribution in [-0.4, -0.2) is 50.1 Å². The maximum absolute atomic E-state index is 12.5. The molecule has 0 bridgehead atoms. The molecule has 1 amide bonds. The van der Waals surface area contributed by atoms with Crippen LogP contribution in [0.15, 0.2) is 30.9 Å². The second-order valence-electron chi connectivity index (χ2n) is 5.79. The molecule has 1 aliphatic heterocycles. The molecular formula is C17H20N4O3. The van der Waals surface area contributed by atoms with Crippen LogP contribution >= 0.6 is 0 Å². The molecule has 7 heteroatoms. The lowest BCUT2D eigenvalue weighted by Gasteiger charge is -2.32. The molecule has 1 fully saturated rings. The van der Waals surface area contributed by atoms with E-state index in [1.54, 1.807) is 17.3 Å². The topological polar surface area (TPSA) is 88.4 Å². The monoisotopic (exact) mass is 328 g/mol. The third-order valence-electron chi connectivity index (χ3n) is 4.00. The lowest BCUT2D eigenvalue weighted by Crippen LogP contribution is -2.44. The molecule has 0 saturated carbocycles. The maximum Gasteiger partial charge on any atom is 0.316 e. The van der Waals surface area contributed by atoms with Crippen LogP contribution in [0, 0.1) is 0 Å². The molecule has 3 heterocycles. The summed E-state index contributed by atoms with van der Waals surface area (Å²) in [6, 6.07) is 1.76. The van der Waals surface area contributed by atoms with Crippen molar-refractivity contribution >= 4 is 5.91 Å². The van der Waals surface area contributed by atoms with Crippen molar-refractivity contribution < 1.29 is 14.6 Å². The van der Waals surface area contributed by atoms with Gasteiger partial charge in [-0.25, -0.2) is 9.97 Å². The summed E-state index contributed by atoms with van der Waals surface area (Å²) in [5.74, 6) is -0.177. The van der Waals surface area contributed by atoms with Crippen LogP contribution in [0.5, 0.6) is 11.8 Å². The Hall–Kier alpha value is -2.70. The van der Waals surface area contributed by atoms with E-state index >= 15 is 0 Å². The van der Waals surface area contributed by atoms with Gasteiger partial charge in [0.05, 0.1) is 18.3 Å². The summed E-state index contributed by atoms with van der Waals surface area (Å²) < 4.78 is 5.81. The van der Waals surface area contributed by atoms with Crippen molar-refractivity contribution in [3.63, 3.8) is 0 Å². The smallest absolute Gasteiger partial charge is 0.316 e. The van der Waals surface area contributed by atoms with Gasteiger partial charge in [0.2, 0.25) is 0 Å². The van der Waals surface area contributed by atoms with Crippen molar-refractivity contribution in [1.29, 1.82) is 0 Å². The Balaban J connectivity index is 1.64. The van der Waals surface area contributed by atoms with Gasteiger partial charge in [0.15, 0.2) is 0 Å². The fraction of sp³-hybridized carbons (Fsp3) is 0.412. The minimum Gasteiger partial charge on any atom is -0.506 e. The molecule has 2 aromatic heterocycles. The molecule has 1 atom stereocenters. The number of pyridine rings is 1. The number of hydrogen-bond acceptors (Lipinski definition) is 6. The molecule has 0 aromatic carbocycles. The van der Waals surface area contributed by atoms with Gasteiger partial charge in [-0.05, 0) is 30.9 Å². The van der Waals surface area contributed by atoms with Gasteiger partial charge in [-0.3, -0.25) is 9.78 Å². The van der Waals surface area contributed by atoms with Crippen molar-refractivity contribution in [2.75, 3.05) is 13.1 Å². The normalized spacial score (nSPS) is 17.5. The molecule has 126 valence electrons. The van der Waals surface area contributed by atoms with Gasteiger partial charge in [-0.2, -0.15) is 0 Å². The first-order chi connectivity index (χ1) is 11.7. The van der Waals surface area contributed by atoms with Crippen LogP contribution in [0.3, 0.4) is 0 Å². The maximum atomic E-state index is 12.5. The Labute approximate surface area is 140 Å². The van der Waals surface area contributed by atoms with Gasteiger partial charge in [0.1, 0.15) is 11.9 Å². The summed E-state index contributed by atoms with van der Waals surface area (Å²) in [6.45, 7) is 3.16. The molecule has 24 heavy (non-hydrogen) atoms. The second-order valence-corrected chi connectivity index (χ2v) is 5.79. The molecule has 3 rings (SSSR count). The van der Waals surface area contributed by atoms with E-state index in [1.807, 2.05) is 6.92 Å². The number of aromatic hydroxyl groups is 1. The molecule has 0 aliphatic carbocycles. The molecule has 0 radical (unpaired) electrons. The Bertz CT molecular complexity index is 705. The lowest BCUT2D eigenvalue weighted by molar-refractivity contribution is 0.0515. The minimum absolute atomic E-state index is 0.0185. The molecule has 1 aliphatic rings. The number of carbonyl (C=O) groups excluding carboxylic acids is 1. The fourth-order valence-electron chi connectivity index (χ4n) is 2.68. The minimum atomic E-state index is -0.158. The number of nitrogens with zero attached hydrogens (tertiary/aromatic N) is 4. The van der Waals surface area contributed by atoms with Crippen molar-refractivity contribution in [2.24, 2.45) is 0 Å². The lowest BCUT2D eigenvalue weighted by atomic mass is 10.1. The Morgan fingerprint density at radius 1 is 1.33 bits per heavy atom. The van der Waals surface area contributed by atoms with Crippen LogP contribution in [0.25, 0.3) is 0 Å². The highest BCUT2D eigenvalue weighted by molar-refractivity contribution is 5.94. The highest BCUT2D eigenvalue weighted by Gasteiger charge is 2.26. The summed E-state index contributed by atoms with van der Waals surface area (Å²) in [4.78, 5) is 26.5. The Kier molecular flexibility index (Phi) is 4.88. The Morgan fingerprint density at radius 3 is 2.83 bits per heavy atom. The number of carbonyl (C=O) groups is 1. The summed E-state index contributed by atoms with van der Waals surface area (Å²) in [6.07, 6.45) is 8.70. The second kappa shape index (κ2) is 7.25. The first-order valence-corrected chi connectivity index (χ1v) is 8.06. The standard InChI is InChI=1S/C17H20N4O3/c1-2-12-7-19-17(20-8-12)24-15-4-3-5-21(11-15)16(23)13-6-14(22)10-18-9-13/h6-10,15,22H,2-5,11H2,1H3. The van der Waals surface area contributed by atoms with Gasteiger partial charge in [-0.1, -0.05) is 6.92 Å². The summed E-state index contributed by atoms with van der Waals surface area (Å²) >= 11 is 0. The highest BCUT2D eigenvalue weighted by atomic mass is 16.5. The zero-order valence-electron chi connectivity index (χ0n) is 13.6. The zero-order chi connectivity index (χ0) is 16.9. The van der Waals surface area contributed by atoms with E-state index in [-0.39, 0.29) is 17.8 Å². The van der Waals surface area contributed by atoms with E-state index in [0.717, 1.165) is 24.8 Å². The number of piperidine rings is 1. The van der Waals surface area contributed by atoms with E-state index < -0.39 is 0 Å². The summed E-state index contributed by atoms with van der Waals surface area (Å²) in [5, 5.41) is 9.48. The number of likely N-dealkylation sites (tertiary alicyclic amines) is 1. The van der Waals surface area contributed by atoms with Crippen molar-refractivity contribution in [1.82, 2.24) is 19.9 Å². The molecule has 7 nitrogen and oxygen atoms in total. The first-order valence-electron chi connectivity index (χ1n) is 8.06. The molecule has 1 saturated heterocycles. The van der Waals surface area contributed by atoms with Gasteiger partial charge in [0.25, 0.3) is 5.91 Å². The highest BCUT2D eigenvalue weighted by Crippen LogP contribution is 2.18. The van der Waals surface area contributed by atoms with Gasteiger partial charge < -0.3 is 14.7 Å². The molecule has 1 unspecified atom stereocenters. The van der Waals surface area contributed by atoms with Crippen molar-refractivity contribution in [2.45, 2.75) is 32.3 Å². The summed E-state index contributed by atoms with van der Waals surface area (Å²) in [5.41, 5.74) is 1.43. The molecule has 0 spiro atoms. The van der Waals surface area contributed by atoms with Crippen LogP contribution in [0.1, 0.15) is 35.7 Å². The molecule has 1 N–H and O–H groups in total. The number of ether oxygens (including phenoxy) is 1. The third kappa shape index (κ3) is 3.79. The number of aryl methyl sites for hydroxylation is 1. The zero-order valence-corrected chi connectivity index (χ0v) is 13.6. The van der Waals surface area contributed by atoms with Crippen LogP contribution in [0.2, 0.25) is 0 Å². The van der Waals surface area contributed by atoms with Crippen LogP contribution in [-0.2, 0) is 6.42 Å². The Morgan fingerprint density at radius 2 is 2.12 bits per heavy atom.